The van der Waals surface area contributed by atoms with Crippen LogP contribution < -0.4 is 10.2 Å². The van der Waals surface area contributed by atoms with Crippen LogP contribution in [0.15, 0.2) is 12.3 Å². The average molecular weight is 368 g/mol. The fourth-order valence-electron chi connectivity index (χ4n) is 4.14. The van der Waals surface area contributed by atoms with Crippen LogP contribution in [0.4, 0.5) is 11.6 Å². The van der Waals surface area contributed by atoms with E-state index in [0.29, 0.717) is 23.8 Å². The number of carbonyl (C=O) groups excluding carboxylic acids is 1. The second-order valence-corrected chi connectivity index (χ2v) is 7.57. The molecule has 0 atom stereocenters. The molecule has 1 amide bonds. The van der Waals surface area contributed by atoms with Crippen LogP contribution in [0, 0.1) is 6.92 Å². The molecule has 2 saturated heterocycles. The van der Waals surface area contributed by atoms with Crippen molar-refractivity contribution in [2.75, 3.05) is 36.4 Å². The van der Waals surface area contributed by atoms with Crippen molar-refractivity contribution < 1.29 is 4.79 Å². The standard InChI is InChI=1S/C20H28N6O/c1-3-18(27)23-15-12-17-14(2)22-20(24-19(17)21-13-15)26-10-6-16(7-11-26)25-8-4-5-9-25/h12-13,16H,3-11H2,1-2H3,(H,23,27). The van der Waals surface area contributed by atoms with Gasteiger partial charge in [-0.3, -0.25) is 4.79 Å². The van der Waals surface area contributed by atoms with Gasteiger partial charge in [-0.2, -0.15) is 4.98 Å². The quantitative estimate of drug-likeness (QED) is 0.894. The molecular weight excluding hydrogens is 340 g/mol. The maximum absolute atomic E-state index is 11.6. The second kappa shape index (κ2) is 7.76. The van der Waals surface area contributed by atoms with Gasteiger partial charge in [0.25, 0.3) is 0 Å². The Morgan fingerprint density at radius 3 is 2.63 bits per heavy atom. The highest BCUT2D eigenvalue weighted by molar-refractivity contribution is 5.92. The number of pyridine rings is 1. The molecule has 144 valence electrons. The van der Waals surface area contributed by atoms with Crippen LogP contribution in [0.2, 0.25) is 0 Å². The molecule has 0 spiro atoms. The number of carbonyl (C=O) groups is 1. The van der Waals surface area contributed by atoms with Gasteiger partial charge in [0.15, 0.2) is 5.65 Å². The number of fused-ring (bicyclic) bond motifs is 1. The Morgan fingerprint density at radius 1 is 1.19 bits per heavy atom. The van der Waals surface area contributed by atoms with Crippen molar-refractivity contribution in [2.24, 2.45) is 0 Å². The van der Waals surface area contributed by atoms with Crippen LogP contribution in [-0.2, 0) is 4.79 Å². The maximum atomic E-state index is 11.6. The third-order valence-electron chi connectivity index (χ3n) is 5.74. The lowest BCUT2D eigenvalue weighted by Gasteiger charge is -2.36. The van der Waals surface area contributed by atoms with Crippen LogP contribution in [0.3, 0.4) is 0 Å². The van der Waals surface area contributed by atoms with E-state index < -0.39 is 0 Å². The summed E-state index contributed by atoms with van der Waals surface area (Å²) in [5.74, 6) is 0.755. The molecule has 2 aromatic rings. The summed E-state index contributed by atoms with van der Waals surface area (Å²) in [4.78, 5) is 30.4. The zero-order chi connectivity index (χ0) is 18.8. The van der Waals surface area contributed by atoms with Gasteiger partial charge in [0.05, 0.1) is 17.6 Å². The molecular formula is C20H28N6O. The molecule has 2 aliphatic heterocycles. The minimum Gasteiger partial charge on any atom is -0.341 e. The molecule has 2 aromatic heterocycles. The molecule has 27 heavy (non-hydrogen) atoms. The van der Waals surface area contributed by atoms with Crippen LogP contribution >= 0.6 is 0 Å². The van der Waals surface area contributed by atoms with Crippen molar-refractivity contribution in [1.29, 1.82) is 0 Å². The third-order valence-corrected chi connectivity index (χ3v) is 5.74. The minimum absolute atomic E-state index is 0.0211. The summed E-state index contributed by atoms with van der Waals surface area (Å²) in [6.45, 7) is 8.33. The largest absolute Gasteiger partial charge is 0.341 e. The Labute approximate surface area is 160 Å². The van der Waals surface area contributed by atoms with E-state index in [1.165, 1.54) is 38.8 Å². The minimum atomic E-state index is -0.0211. The van der Waals surface area contributed by atoms with Crippen LogP contribution in [-0.4, -0.2) is 58.0 Å². The maximum Gasteiger partial charge on any atom is 0.227 e. The van der Waals surface area contributed by atoms with Crippen LogP contribution in [0.1, 0.15) is 44.7 Å². The topological polar surface area (TPSA) is 74.2 Å². The highest BCUT2D eigenvalue weighted by Gasteiger charge is 2.27. The summed E-state index contributed by atoms with van der Waals surface area (Å²) < 4.78 is 0. The Bertz CT molecular complexity index is 825. The van der Waals surface area contributed by atoms with E-state index in [2.05, 4.69) is 20.1 Å². The summed E-state index contributed by atoms with van der Waals surface area (Å²) in [6.07, 6.45) is 7.16. The molecule has 2 aliphatic rings. The molecule has 7 heteroatoms. The number of hydrogen-bond acceptors (Lipinski definition) is 6. The summed E-state index contributed by atoms with van der Waals surface area (Å²) in [5.41, 5.74) is 2.28. The normalized spacial score (nSPS) is 19.0. The first kappa shape index (κ1) is 18.1. The zero-order valence-corrected chi connectivity index (χ0v) is 16.2. The van der Waals surface area contributed by atoms with E-state index in [1.807, 2.05) is 19.9 Å². The van der Waals surface area contributed by atoms with E-state index in [1.54, 1.807) is 6.20 Å². The second-order valence-electron chi connectivity index (χ2n) is 7.57. The van der Waals surface area contributed by atoms with Gasteiger partial charge in [0, 0.05) is 30.9 Å². The third kappa shape index (κ3) is 3.88. The summed E-state index contributed by atoms with van der Waals surface area (Å²) >= 11 is 0. The van der Waals surface area contributed by atoms with E-state index in [9.17, 15) is 4.79 Å². The van der Waals surface area contributed by atoms with Crippen LogP contribution in [0.5, 0.6) is 0 Å². The van der Waals surface area contributed by atoms with Crippen molar-refractivity contribution in [3.63, 3.8) is 0 Å². The molecule has 0 unspecified atom stereocenters. The lowest BCUT2D eigenvalue weighted by Crippen LogP contribution is -2.44. The predicted octanol–water partition coefficient (Wildman–Crippen LogP) is 2.75. The molecule has 4 rings (SSSR count). The first-order chi connectivity index (χ1) is 13.1. The Morgan fingerprint density at radius 2 is 1.93 bits per heavy atom. The number of rotatable bonds is 4. The van der Waals surface area contributed by atoms with Gasteiger partial charge in [0.1, 0.15) is 0 Å². The molecule has 1 N–H and O–H groups in total. The number of nitrogens with zero attached hydrogens (tertiary/aromatic N) is 5. The van der Waals surface area contributed by atoms with Gasteiger partial charge in [-0.1, -0.05) is 6.92 Å². The fraction of sp³-hybridized carbons (Fsp3) is 0.600. The number of anilines is 2. The van der Waals surface area contributed by atoms with E-state index in [0.717, 1.165) is 30.1 Å². The molecule has 4 heterocycles. The van der Waals surface area contributed by atoms with Gasteiger partial charge >= 0.3 is 0 Å². The number of nitrogens with one attached hydrogen (secondary N) is 1. The highest BCUT2D eigenvalue weighted by atomic mass is 16.1. The van der Waals surface area contributed by atoms with Crippen LogP contribution in [0.25, 0.3) is 11.0 Å². The first-order valence-electron chi connectivity index (χ1n) is 10.1. The molecule has 0 aromatic carbocycles. The lowest BCUT2D eigenvalue weighted by molar-refractivity contribution is -0.115. The highest BCUT2D eigenvalue weighted by Crippen LogP contribution is 2.25. The zero-order valence-electron chi connectivity index (χ0n) is 16.2. The van der Waals surface area contributed by atoms with Crippen molar-refractivity contribution in [3.8, 4) is 0 Å². The van der Waals surface area contributed by atoms with Gasteiger partial charge in [-0.25, -0.2) is 9.97 Å². The van der Waals surface area contributed by atoms with E-state index in [4.69, 9.17) is 9.97 Å². The van der Waals surface area contributed by atoms with Crippen molar-refractivity contribution in [3.05, 3.63) is 18.0 Å². The summed E-state index contributed by atoms with van der Waals surface area (Å²) in [5, 5.41) is 3.74. The molecule has 0 bridgehead atoms. The number of aromatic nitrogens is 3. The van der Waals surface area contributed by atoms with Gasteiger partial charge in [-0.15, -0.1) is 0 Å². The number of amides is 1. The van der Waals surface area contributed by atoms with Gasteiger partial charge in [0.2, 0.25) is 11.9 Å². The molecule has 7 nitrogen and oxygen atoms in total. The number of hydrogen-bond donors (Lipinski definition) is 1. The Balaban J connectivity index is 1.49. The summed E-state index contributed by atoms with van der Waals surface area (Å²) in [7, 11) is 0. The Kier molecular flexibility index (Phi) is 5.20. The van der Waals surface area contributed by atoms with E-state index >= 15 is 0 Å². The van der Waals surface area contributed by atoms with Crippen molar-refractivity contribution >= 4 is 28.6 Å². The predicted molar refractivity (Wildman–Crippen MR) is 107 cm³/mol. The van der Waals surface area contributed by atoms with E-state index in [-0.39, 0.29) is 5.91 Å². The average Bonchev–Trinajstić information content (AvgIpc) is 3.23. The number of piperidine rings is 1. The number of likely N-dealkylation sites (tertiary alicyclic amines) is 1. The first-order valence-corrected chi connectivity index (χ1v) is 10.1. The van der Waals surface area contributed by atoms with Gasteiger partial charge < -0.3 is 15.1 Å². The van der Waals surface area contributed by atoms with Crippen molar-refractivity contribution in [2.45, 2.75) is 52.0 Å². The Hall–Kier alpha value is -2.28. The molecule has 2 fully saturated rings. The van der Waals surface area contributed by atoms with Crippen molar-refractivity contribution in [1.82, 2.24) is 19.9 Å². The smallest absolute Gasteiger partial charge is 0.227 e. The van der Waals surface area contributed by atoms with Gasteiger partial charge in [-0.05, 0) is 51.8 Å². The fourth-order valence-corrected chi connectivity index (χ4v) is 4.14. The number of aryl methyl sites for hydroxylation is 1. The summed E-state index contributed by atoms with van der Waals surface area (Å²) in [6, 6.07) is 2.63. The monoisotopic (exact) mass is 368 g/mol. The molecule has 0 aliphatic carbocycles. The molecule has 0 radical (unpaired) electrons. The SMILES string of the molecule is CCC(=O)Nc1cnc2nc(N3CCC(N4CCCC4)CC3)nc(C)c2c1. The molecule has 0 saturated carbocycles. The lowest BCUT2D eigenvalue weighted by atomic mass is 10.0.